The van der Waals surface area contributed by atoms with Gasteiger partial charge in [-0.15, -0.1) is 11.8 Å². The van der Waals surface area contributed by atoms with Crippen molar-refractivity contribution < 1.29 is 9.90 Å². The van der Waals surface area contributed by atoms with Gasteiger partial charge in [-0.05, 0) is 45.0 Å². The Labute approximate surface area is 107 Å². The maximum Gasteiger partial charge on any atom is 0.235 e. The Morgan fingerprint density at radius 1 is 1.29 bits per heavy atom. The van der Waals surface area contributed by atoms with E-state index in [-0.39, 0.29) is 16.9 Å². The zero-order valence-corrected chi connectivity index (χ0v) is 11.3. The third-order valence-electron chi connectivity index (χ3n) is 2.57. The number of hydrogen-bond acceptors (Lipinski definition) is 3. The second kappa shape index (κ2) is 6.55. The summed E-state index contributed by atoms with van der Waals surface area (Å²) in [6, 6.07) is 6.92. The van der Waals surface area contributed by atoms with Crippen LogP contribution in [0, 0.1) is 0 Å². The SMILES string of the molecule is CCN(CC)C(=O)C(C)Sc1ccc(O)cc1. The number of carbonyl (C=O) groups excluding carboxylic acids is 1. The number of aromatic hydroxyl groups is 1. The highest BCUT2D eigenvalue weighted by Crippen LogP contribution is 2.25. The fraction of sp³-hybridized carbons (Fsp3) is 0.462. The smallest absolute Gasteiger partial charge is 0.235 e. The molecule has 1 unspecified atom stereocenters. The van der Waals surface area contributed by atoms with E-state index in [9.17, 15) is 9.90 Å². The summed E-state index contributed by atoms with van der Waals surface area (Å²) >= 11 is 1.52. The minimum atomic E-state index is -0.0977. The number of nitrogens with zero attached hydrogens (tertiary/aromatic N) is 1. The maximum atomic E-state index is 12.0. The zero-order valence-electron chi connectivity index (χ0n) is 10.5. The summed E-state index contributed by atoms with van der Waals surface area (Å²) in [5.41, 5.74) is 0. The first kappa shape index (κ1) is 13.9. The lowest BCUT2D eigenvalue weighted by Gasteiger charge is -2.22. The summed E-state index contributed by atoms with van der Waals surface area (Å²) in [6.45, 7) is 7.38. The van der Waals surface area contributed by atoms with E-state index in [4.69, 9.17) is 0 Å². The molecule has 94 valence electrons. The second-order valence-electron chi connectivity index (χ2n) is 3.76. The number of thioether (sulfide) groups is 1. The standard InChI is InChI=1S/C13H19NO2S/c1-4-14(5-2)13(16)10(3)17-12-8-6-11(15)7-9-12/h6-10,15H,4-5H2,1-3H3. The number of phenols is 1. The van der Waals surface area contributed by atoms with E-state index < -0.39 is 0 Å². The zero-order chi connectivity index (χ0) is 12.8. The Bertz CT molecular complexity index is 360. The number of benzene rings is 1. The lowest BCUT2D eigenvalue weighted by molar-refractivity contribution is -0.129. The van der Waals surface area contributed by atoms with E-state index in [2.05, 4.69) is 0 Å². The molecule has 0 bridgehead atoms. The quantitative estimate of drug-likeness (QED) is 0.820. The molecule has 1 rings (SSSR count). The first-order valence-electron chi connectivity index (χ1n) is 5.83. The van der Waals surface area contributed by atoms with Crippen molar-refractivity contribution in [2.24, 2.45) is 0 Å². The van der Waals surface area contributed by atoms with Gasteiger partial charge in [0.15, 0.2) is 0 Å². The minimum Gasteiger partial charge on any atom is -0.508 e. The Morgan fingerprint density at radius 2 is 1.82 bits per heavy atom. The van der Waals surface area contributed by atoms with Gasteiger partial charge in [-0.2, -0.15) is 0 Å². The van der Waals surface area contributed by atoms with Gasteiger partial charge in [-0.1, -0.05) is 0 Å². The maximum absolute atomic E-state index is 12.0. The molecule has 0 spiro atoms. The molecule has 0 aliphatic heterocycles. The van der Waals surface area contributed by atoms with E-state index in [1.54, 1.807) is 12.1 Å². The van der Waals surface area contributed by atoms with Crippen LogP contribution in [-0.4, -0.2) is 34.3 Å². The summed E-state index contributed by atoms with van der Waals surface area (Å²) in [6.07, 6.45) is 0. The van der Waals surface area contributed by atoms with Gasteiger partial charge in [0.25, 0.3) is 0 Å². The predicted octanol–water partition coefficient (Wildman–Crippen LogP) is 2.74. The van der Waals surface area contributed by atoms with Crippen molar-refractivity contribution in [2.45, 2.75) is 30.9 Å². The fourth-order valence-electron chi connectivity index (χ4n) is 1.57. The number of rotatable bonds is 5. The molecule has 0 aliphatic carbocycles. The summed E-state index contributed by atoms with van der Waals surface area (Å²) < 4.78 is 0. The summed E-state index contributed by atoms with van der Waals surface area (Å²) in [5, 5.41) is 9.08. The normalized spacial score (nSPS) is 12.2. The molecule has 0 saturated carbocycles. The Kier molecular flexibility index (Phi) is 5.35. The van der Waals surface area contributed by atoms with Crippen molar-refractivity contribution in [3.8, 4) is 5.75 Å². The molecular weight excluding hydrogens is 234 g/mol. The van der Waals surface area contributed by atoms with E-state index in [0.29, 0.717) is 0 Å². The summed E-state index contributed by atoms with van der Waals surface area (Å²) in [4.78, 5) is 14.9. The highest BCUT2D eigenvalue weighted by atomic mass is 32.2. The van der Waals surface area contributed by atoms with Crippen LogP contribution in [0.4, 0.5) is 0 Å². The monoisotopic (exact) mass is 253 g/mol. The van der Waals surface area contributed by atoms with Gasteiger partial charge in [0, 0.05) is 18.0 Å². The van der Waals surface area contributed by atoms with Crippen LogP contribution in [0.2, 0.25) is 0 Å². The van der Waals surface area contributed by atoms with Crippen LogP contribution in [0.15, 0.2) is 29.2 Å². The Morgan fingerprint density at radius 3 is 2.29 bits per heavy atom. The molecule has 0 aromatic heterocycles. The van der Waals surface area contributed by atoms with Crippen LogP contribution in [0.5, 0.6) is 5.75 Å². The Hall–Kier alpha value is -1.16. The number of amides is 1. The van der Waals surface area contributed by atoms with Crippen molar-refractivity contribution in [1.29, 1.82) is 0 Å². The van der Waals surface area contributed by atoms with E-state index in [0.717, 1.165) is 18.0 Å². The van der Waals surface area contributed by atoms with Gasteiger partial charge in [0.1, 0.15) is 5.75 Å². The van der Waals surface area contributed by atoms with E-state index in [1.807, 2.05) is 37.8 Å². The van der Waals surface area contributed by atoms with Gasteiger partial charge < -0.3 is 10.0 Å². The van der Waals surface area contributed by atoms with Crippen LogP contribution >= 0.6 is 11.8 Å². The van der Waals surface area contributed by atoms with Crippen LogP contribution in [-0.2, 0) is 4.79 Å². The number of carbonyl (C=O) groups is 1. The first-order chi connectivity index (χ1) is 8.08. The summed E-state index contributed by atoms with van der Waals surface area (Å²) in [5.74, 6) is 0.408. The largest absolute Gasteiger partial charge is 0.508 e. The molecular formula is C13H19NO2S. The first-order valence-corrected chi connectivity index (χ1v) is 6.70. The van der Waals surface area contributed by atoms with Crippen LogP contribution in [0.3, 0.4) is 0 Å². The second-order valence-corrected chi connectivity index (χ2v) is 5.18. The van der Waals surface area contributed by atoms with Crippen molar-refractivity contribution in [3.05, 3.63) is 24.3 Å². The molecule has 0 fully saturated rings. The van der Waals surface area contributed by atoms with Crippen LogP contribution in [0.1, 0.15) is 20.8 Å². The van der Waals surface area contributed by atoms with Crippen molar-refractivity contribution in [1.82, 2.24) is 4.90 Å². The molecule has 0 radical (unpaired) electrons. The molecule has 1 aromatic carbocycles. The number of hydrogen-bond donors (Lipinski definition) is 1. The third kappa shape index (κ3) is 3.97. The van der Waals surface area contributed by atoms with Crippen LogP contribution in [0.25, 0.3) is 0 Å². The van der Waals surface area contributed by atoms with Crippen molar-refractivity contribution in [2.75, 3.05) is 13.1 Å². The molecule has 1 amide bonds. The van der Waals surface area contributed by atoms with Crippen molar-refractivity contribution in [3.63, 3.8) is 0 Å². The summed E-state index contributed by atoms with van der Waals surface area (Å²) in [7, 11) is 0. The third-order valence-corrected chi connectivity index (χ3v) is 3.67. The van der Waals surface area contributed by atoms with Gasteiger partial charge in [0.05, 0.1) is 5.25 Å². The lowest BCUT2D eigenvalue weighted by atomic mass is 10.3. The van der Waals surface area contributed by atoms with Gasteiger partial charge in [-0.3, -0.25) is 4.79 Å². The van der Waals surface area contributed by atoms with Gasteiger partial charge in [-0.25, -0.2) is 0 Å². The molecule has 4 heteroatoms. The highest BCUT2D eigenvalue weighted by molar-refractivity contribution is 8.00. The average molecular weight is 253 g/mol. The molecule has 1 N–H and O–H groups in total. The van der Waals surface area contributed by atoms with E-state index in [1.165, 1.54) is 11.8 Å². The molecule has 17 heavy (non-hydrogen) atoms. The molecule has 0 saturated heterocycles. The highest BCUT2D eigenvalue weighted by Gasteiger charge is 2.18. The minimum absolute atomic E-state index is 0.0977. The average Bonchev–Trinajstić information content (AvgIpc) is 2.33. The number of phenolic OH excluding ortho intramolecular Hbond substituents is 1. The van der Waals surface area contributed by atoms with E-state index >= 15 is 0 Å². The van der Waals surface area contributed by atoms with Gasteiger partial charge in [0.2, 0.25) is 5.91 Å². The van der Waals surface area contributed by atoms with Crippen LogP contribution < -0.4 is 0 Å². The molecule has 1 aromatic rings. The van der Waals surface area contributed by atoms with Gasteiger partial charge >= 0.3 is 0 Å². The molecule has 0 heterocycles. The van der Waals surface area contributed by atoms with Crippen molar-refractivity contribution >= 4 is 17.7 Å². The predicted molar refractivity (Wildman–Crippen MR) is 71.4 cm³/mol. The molecule has 0 aliphatic rings. The Balaban J connectivity index is 2.62. The lowest BCUT2D eigenvalue weighted by Crippen LogP contribution is -2.36. The fourth-order valence-corrected chi connectivity index (χ4v) is 2.52. The topological polar surface area (TPSA) is 40.5 Å². The molecule has 1 atom stereocenters. The molecule has 3 nitrogen and oxygen atoms in total.